The van der Waals surface area contributed by atoms with Gasteiger partial charge in [-0.2, -0.15) is 5.10 Å². The van der Waals surface area contributed by atoms with Crippen LogP contribution in [0.3, 0.4) is 0 Å². The standard InChI is InChI=1S/C24H21N3O4S/c1-30-20-11-10-16(13-18(20)24(29)31-2)14-25-23(28)19-15-27(17-7-4-3-5-8-17)26-22(19)21-9-6-12-32-21/h3-13,15H,14H2,1-2H3,(H,25,28). The second-order valence-corrected chi connectivity index (χ2v) is 7.81. The van der Waals surface area contributed by atoms with Crippen molar-refractivity contribution in [3.63, 3.8) is 0 Å². The van der Waals surface area contributed by atoms with Crippen molar-refractivity contribution in [3.8, 4) is 22.0 Å². The van der Waals surface area contributed by atoms with Crippen LogP contribution in [0.4, 0.5) is 0 Å². The highest BCUT2D eigenvalue weighted by Crippen LogP contribution is 2.28. The summed E-state index contributed by atoms with van der Waals surface area (Å²) in [4.78, 5) is 26.0. The molecule has 32 heavy (non-hydrogen) atoms. The molecule has 4 rings (SSSR count). The van der Waals surface area contributed by atoms with E-state index in [4.69, 9.17) is 9.47 Å². The summed E-state index contributed by atoms with van der Waals surface area (Å²) in [6.45, 7) is 0.229. The van der Waals surface area contributed by atoms with E-state index >= 15 is 0 Å². The minimum atomic E-state index is -0.501. The molecule has 8 heteroatoms. The molecule has 2 aromatic carbocycles. The molecule has 0 fully saturated rings. The Kier molecular flexibility index (Phi) is 6.32. The molecule has 7 nitrogen and oxygen atoms in total. The second-order valence-electron chi connectivity index (χ2n) is 6.86. The number of carbonyl (C=O) groups excluding carboxylic acids is 2. The molecular weight excluding hydrogens is 426 g/mol. The summed E-state index contributed by atoms with van der Waals surface area (Å²) in [7, 11) is 2.80. The van der Waals surface area contributed by atoms with Crippen molar-refractivity contribution in [3.05, 3.63) is 88.9 Å². The number of benzene rings is 2. The highest BCUT2D eigenvalue weighted by molar-refractivity contribution is 7.13. The molecule has 1 amide bonds. The monoisotopic (exact) mass is 447 g/mol. The quantitative estimate of drug-likeness (QED) is 0.427. The van der Waals surface area contributed by atoms with E-state index in [-0.39, 0.29) is 12.5 Å². The molecule has 4 aromatic rings. The van der Waals surface area contributed by atoms with Gasteiger partial charge in [0.1, 0.15) is 17.0 Å². The number of rotatable bonds is 7. The third kappa shape index (κ3) is 4.40. The van der Waals surface area contributed by atoms with Gasteiger partial charge in [-0.05, 0) is 41.3 Å². The van der Waals surface area contributed by atoms with Gasteiger partial charge >= 0.3 is 5.97 Å². The molecule has 0 aliphatic rings. The van der Waals surface area contributed by atoms with Gasteiger partial charge in [0.05, 0.1) is 30.3 Å². The van der Waals surface area contributed by atoms with E-state index in [1.807, 2.05) is 47.8 Å². The van der Waals surface area contributed by atoms with Gasteiger partial charge in [-0.15, -0.1) is 11.3 Å². The van der Waals surface area contributed by atoms with Crippen LogP contribution in [0.5, 0.6) is 5.75 Å². The Morgan fingerprint density at radius 2 is 1.84 bits per heavy atom. The van der Waals surface area contributed by atoms with Crippen molar-refractivity contribution in [2.75, 3.05) is 14.2 Å². The number of aromatic nitrogens is 2. The number of nitrogens with one attached hydrogen (secondary N) is 1. The van der Waals surface area contributed by atoms with Crippen LogP contribution >= 0.6 is 11.3 Å². The summed E-state index contributed by atoms with van der Waals surface area (Å²) in [5.74, 6) is -0.346. The fourth-order valence-corrected chi connectivity index (χ4v) is 3.98. The summed E-state index contributed by atoms with van der Waals surface area (Å²) in [5, 5.41) is 9.53. The highest BCUT2D eigenvalue weighted by Gasteiger charge is 2.20. The van der Waals surface area contributed by atoms with Crippen LogP contribution in [0.15, 0.2) is 72.2 Å². The first-order valence-corrected chi connectivity index (χ1v) is 10.7. The van der Waals surface area contributed by atoms with Crippen molar-refractivity contribution in [1.82, 2.24) is 15.1 Å². The molecule has 162 valence electrons. The number of nitrogens with zero attached hydrogens (tertiary/aromatic N) is 2. The van der Waals surface area contributed by atoms with Crippen LogP contribution in [-0.2, 0) is 11.3 Å². The largest absolute Gasteiger partial charge is 0.496 e. The number of ether oxygens (including phenoxy) is 2. The van der Waals surface area contributed by atoms with Crippen LogP contribution < -0.4 is 10.1 Å². The van der Waals surface area contributed by atoms with Crippen LogP contribution in [0.1, 0.15) is 26.3 Å². The van der Waals surface area contributed by atoms with Gasteiger partial charge in [0.25, 0.3) is 5.91 Å². The Hall–Kier alpha value is -3.91. The predicted octanol–water partition coefficient (Wildman–Crippen LogP) is 4.33. The Bertz CT molecular complexity index is 1230. The van der Waals surface area contributed by atoms with Crippen LogP contribution in [0.2, 0.25) is 0 Å². The molecule has 0 aliphatic carbocycles. The lowest BCUT2D eigenvalue weighted by Gasteiger charge is -2.10. The molecule has 0 unspecified atom stereocenters. The normalized spacial score (nSPS) is 10.6. The van der Waals surface area contributed by atoms with Crippen LogP contribution in [0, 0.1) is 0 Å². The van der Waals surface area contributed by atoms with Gasteiger partial charge in [0.15, 0.2) is 0 Å². The Balaban J connectivity index is 1.60. The van der Waals surface area contributed by atoms with Crippen molar-refractivity contribution in [1.29, 1.82) is 0 Å². The smallest absolute Gasteiger partial charge is 0.341 e. The summed E-state index contributed by atoms with van der Waals surface area (Å²) >= 11 is 1.52. The molecule has 0 spiro atoms. The highest BCUT2D eigenvalue weighted by atomic mass is 32.1. The van der Waals surface area contributed by atoms with E-state index in [1.165, 1.54) is 25.6 Å². The van der Waals surface area contributed by atoms with E-state index in [9.17, 15) is 9.59 Å². The number of hydrogen-bond donors (Lipinski definition) is 1. The van der Waals surface area contributed by atoms with E-state index in [0.717, 1.165) is 16.1 Å². The lowest BCUT2D eigenvalue weighted by molar-refractivity contribution is 0.0597. The number of amides is 1. The van der Waals surface area contributed by atoms with Crippen molar-refractivity contribution < 1.29 is 19.1 Å². The lowest BCUT2D eigenvalue weighted by Crippen LogP contribution is -2.23. The Labute approximate surface area is 189 Å². The zero-order valence-corrected chi connectivity index (χ0v) is 18.4. The SMILES string of the molecule is COC(=O)c1cc(CNC(=O)c2cn(-c3ccccc3)nc2-c2cccs2)ccc1OC. The number of carbonyl (C=O) groups is 2. The van der Waals surface area contributed by atoms with Crippen LogP contribution in [0.25, 0.3) is 16.3 Å². The van der Waals surface area contributed by atoms with Crippen molar-refractivity contribution in [2.24, 2.45) is 0 Å². The average molecular weight is 448 g/mol. The first-order chi connectivity index (χ1) is 15.6. The topological polar surface area (TPSA) is 82.5 Å². The first-order valence-electron chi connectivity index (χ1n) is 9.83. The van der Waals surface area contributed by atoms with Crippen molar-refractivity contribution in [2.45, 2.75) is 6.54 Å². The summed E-state index contributed by atoms with van der Waals surface area (Å²) < 4.78 is 11.7. The van der Waals surface area contributed by atoms with Gasteiger partial charge < -0.3 is 14.8 Å². The Morgan fingerprint density at radius 1 is 1.03 bits per heavy atom. The average Bonchev–Trinajstić information content (AvgIpc) is 3.52. The van der Waals surface area contributed by atoms with E-state index in [1.54, 1.807) is 29.1 Å². The second kappa shape index (κ2) is 9.49. The number of methoxy groups -OCH3 is 2. The maximum Gasteiger partial charge on any atom is 0.341 e. The minimum absolute atomic E-state index is 0.229. The van der Waals surface area contributed by atoms with Gasteiger partial charge in [0.2, 0.25) is 0 Å². The number of esters is 1. The molecule has 0 atom stereocenters. The van der Waals surface area contributed by atoms with Crippen LogP contribution in [-0.4, -0.2) is 35.9 Å². The first kappa shape index (κ1) is 21.3. The van der Waals surface area contributed by atoms with Crippen molar-refractivity contribution >= 4 is 23.2 Å². The fraction of sp³-hybridized carbons (Fsp3) is 0.125. The van der Waals surface area contributed by atoms with Gasteiger partial charge in [-0.3, -0.25) is 4.79 Å². The van der Waals surface area contributed by atoms with E-state index in [2.05, 4.69) is 10.4 Å². The Morgan fingerprint density at radius 3 is 2.53 bits per heavy atom. The fourth-order valence-electron chi connectivity index (χ4n) is 3.26. The predicted molar refractivity (Wildman–Crippen MR) is 122 cm³/mol. The maximum atomic E-state index is 13.1. The molecule has 2 aromatic heterocycles. The maximum absolute atomic E-state index is 13.1. The minimum Gasteiger partial charge on any atom is -0.496 e. The molecule has 0 radical (unpaired) electrons. The molecular formula is C24H21N3O4S. The molecule has 0 aliphatic heterocycles. The third-order valence-electron chi connectivity index (χ3n) is 4.86. The summed E-state index contributed by atoms with van der Waals surface area (Å²) in [5.41, 5.74) is 3.00. The molecule has 2 heterocycles. The molecule has 0 saturated heterocycles. The third-order valence-corrected chi connectivity index (χ3v) is 5.73. The zero-order chi connectivity index (χ0) is 22.5. The summed E-state index contributed by atoms with van der Waals surface area (Å²) in [6.07, 6.45) is 1.73. The molecule has 0 saturated carbocycles. The molecule has 1 N–H and O–H groups in total. The van der Waals surface area contributed by atoms with Gasteiger partial charge in [-0.25, -0.2) is 9.48 Å². The van der Waals surface area contributed by atoms with E-state index < -0.39 is 5.97 Å². The molecule has 0 bridgehead atoms. The zero-order valence-electron chi connectivity index (χ0n) is 17.6. The number of thiophene rings is 1. The van der Waals surface area contributed by atoms with Gasteiger partial charge in [0, 0.05) is 12.7 Å². The number of para-hydroxylation sites is 1. The summed E-state index contributed by atoms with van der Waals surface area (Å²) in [6, 6.07) is 18.6. The van der Waals surface area contributed by atoms with Gasteiger partial charge in [-0.1, -0.05) is 30.3 Å². The van der Waals surface area contributed by atoms with E-state index in [0.29, 0.717) is 22.6 Å². The number of hydrogen-bond acceptors (Lipinski definition) is 6. The lowest BCUT2D eigenvalue weighted by atomic mass is 10.1.